The number of ether oxygens (including phenoxy) is 1. The molecule has 1 heterocycles. The summed E-state index contributed by atoms with van der Waals surface area (Å²) in [4.78, 5) is 0. The van der Waals surface area contributed by atoms with Crippen molar-refractivity contribution >= 4 is 6.08 Å². The Labute approximate surface area is 123 Å². The molecule has 0 N–H and O–H groups in total. The first-order chi connectivity index (χ1) is 9.86. The minimum absolute atomic E-state index is 0.316. The lowest BCUT2D eigenvalue weighted by Crippen LogP contribution is -2.27. The molecule has 1 aliphatic carbocycles. The normalized spacial score (nSPS) is 26.7. The SMILES string of the molecule is C(=C\C1CC2(CCCCC2)CCCO1)/c1ccccc1. The molecule has 1 spiro atoms. The molecule has 1 aromatic carbocycles. The predicted octanol–water partition coefficient (Wildman–Crippen LogP) is 5.22. The summed E-state index contributed by atoms with van der Waals surface area (Å²) < 4.78 is 6.07. The Morgan fingerprint density at radius 2 is 1.70 bits per heavy atom. The topological polar surface area (TPSA) is 9.23 Å². The molecule has 1 heteroatoms. The van der Waals surface area contributed by atoms with Crippen LogP contribution in [-0.2, 0) is 4.74 Å². The summed E-state index contributed by atoms with van der Waals surface area (Å²) in [6, 6.07) is 10.6. The second-order valence-corrected chi connectivity index (χ2v) is 6.55. The Morgan fingerprint density at radius 3 is 2.50 bits per heavy atom. The molecule has 1 saturated carbocycles. The van der Waals surface area contributed by atoms with Crippen LogP contribution in [0.1, 0.15) is 56.9 Å². The van der Waals surface area contributed by atoms with Crippen LogP contribution in [0.2, 0.25) is 0 Å². The third-order valence-electron chi connectivity index (χ3n) is 5.03. The monoisotopic (exact) mass is 270 g/mol. The molecular formula is C19H26O. The molecule has 108 valence electrons. The fourth-order valence-corrected chi connectivity index (χ4v) is 3.93. The summed E-state index contributed by atoms with van der Waals surface area (Å²) in [5, 5.41) is 0. The van der Waals surface area contributed by atoms with Crippen LogP contribution < -0.4 is 0 Å². The van der Waals surface area contributed by atoms with E-state index in [9.17, 15) is 0 Å². The van der Waals surface area contributed by atoms with Gasteiger partial charge in [-0.2, -0.15) is 0 Å². The van der Waals surface area contributed by atoms with Gasteiger partial charge in [0.2, 0.25) is 0 Å². The second kappa shape index (κ2) is 6.58. The fourth-order valence-electron chi connectivity index (χ4n) is 3.93. The first-order valence-corrected chi connectivity index (χ1v) is 8.21. The van der Waals surface area contributed by atoms with Crippen LogP contribution in [0.4, 0.5) is 0 Å². The van der Waals surface area contributed by atoms with Crippen molar-refractivity contribution in [3.63, 3.8) is 0 Å². The van der Waals surface area contributed by atoms with Gasteiger partial charge in [-0.05, 0) is 43.1 Å². The van der Waals surface area contributed by atoms with Gasteiger partial charge in [-0.25, -0.2) is 0 Å². The van der Waals surface area contributed by atoms with Crippen molar-refractivity contribution in [2.24, 2.45) is 5.41 Å². The van der Waals surface area contributed by atoms with Crippen molar-refractivity contribution < 1.29 is 4.74 Å². The van der Waals surface area contributed by atoms with E-state index in [-0.39, 0.29) is 0 Å². The summed E-state index contributed by atoms with van der Waals surface area (Å²) >= 11 is 0. The Kier molecular flexibility index (Phi) is 4.57. The molecule has 3 rings (SSSR count). The first kappa shape index (κ1) is 13.9. The average molecular weight is 270 g/mol. The minimum Gasteiger partial charge on any atom is -0.374 e. The third-order valence-corrected chi connectivity index (χ3v) is 5.03. The molecule has 2 fully saturated rings. The summed E-state index contributed by atoms with van der Waals surface area (Å²) in [7, 11) is 0. The van der Waals surface area contributed by atoms with Gasteiger partial charge in [0.1, 0.15) is 0 Å². The van der Waals surface area contributed by atoms with Gasteiger partial charge < -0.3 is 4.74 Å². The maximum Gasteiger partial charge on any atom is 0.0764 e. The molecule has 0 radical (unpaired) electrons. The lowest BCUT2D eigenvalue weighted by Gasteiger charge is -2.37. The Morgan fingerprint density at radius 1 is 0.950 bits per heavy atom. The molecular weight excluding hydrogens is 244 g/mol. The van der Waals surface area contributed by atoms with E-state index in [2.05, 4.69) is 42.5 Å². The molecule has 0 bridgehead atoms. The van der Waals surface area contributed by atoms with E-state index in [0.29, 0.717) is 11.5 Å². The van der Waals surface area contributed by atoms with E-state index in [1.165, 1.54) is 56.9 Å². The van der Waals surface area contributed by atoms with Crippen LogP contribution >= 0.6 is 0 Å². The smallest absolute Gasteiger partial charge is 0.0764 e. The van der Waals surface area contributed by atoms with Crippen LogP contribution in [0.3, 0.4) is 0 Å². The van der Waals surface area contributed by atoms with Gasteiger partial charge in [0.25, 0.3) is 0 Å². The molecule has 1 unspecified atom stereocenters. The molecule has 1 aromatic rings. The van der Waals surface area contributed by atoms with Crippen molar-refractivity contribution in [2.75, 3.05) is 6.61 Å². The van der Waals surface area contributed by atoms with Gasteiger partial charge >= 0.3 is 0 Å². The first-order valence-electron chi connectivity index (χ1n) is 8.21. The van der Waals surface area contributed by atoms with Crippen LogP contribution in [0, 0.1) is 5.41 Å². The lowest BCUT2D eigenvalue weighted by molar-refractivity contribution is 0.0659. The van der Waals surface area contributed by atoms with Crippen LogP contribution in [-0.4, -0.2) is 12.7 Å². The van der Waals surface area contributed by atoms with Crippen molar-refractivity contribution in [3.05, 3.63) is 42.0 Å². The number of benzene rings is 1. The van der Waals surface area contributed by atoms with Crippen LogP contribution in [0.25, 0.3) is 6.08 Å². The lowest BCUT2D eigenvalue weighted by atomic mass is 9.68. The molecule has 0 aromatic heterocycles. The van der Waals surface area contributed by atoms with Gasteiger partial charge in [-0.15, -0.1) is 0 Å². The Hall–Kier alpha value is -1.08. The van der Waals surface area contributed by atoms with Gasteiger partial charge in [0.15, 0.2) is 0 Å². The van der Waals surface area contributed by atoms with Gasteiger partial charge in [0, 0.05) is 6.61 Å². The van der Waals surface area contributed by atoms with E-state index >= 15 is 0 Å². The highest BCUT2D eigenvalue weighted by molar-refractivity contribution is 5.49. The van der Waals surface area contributed by atoms with Crippen molar-refractivity contribution in [1.29, 1.82) is 0 Å². The van der Waals surface area contributed by atoms with Gasteiger partial charge in [-0.1, -0.05) is 61.7 Å². The third kappa shape index (κ3) is 3.52. The average Bonchev–Trinajstić information content (AvgIpc) is 2.70. The largest absolute Gasteiger partial charge is 0.374 e. The molecule has 20 heavy (non-hydrogen) atoms. The molecule has 0 amide bonds. The maximum atomic E-state index is 6.07. The highest BCUT2D eigenvalue weighted by atomic mass is 16.5. The zero-order valence-corrected chi connectivity index (χ0v) is 12.4. The summed E-state index contributed by atoms with van der Waals surface area (Å²) in [6.07, 6.45) is 15.8. The fraction of sp³-hybridized carbons (Fsp3) is 0.579. The number of rotatable bonds is 2. The Balaban J connectivity index is 1.67. The zero-order chi connectivity index (χ0) is 13.7. The van der Waals surface area contributed by atoms with Crippen LogP contribution in [0.15, 0.2) is 36.4 Å². The summed E-state index contributed by atoms with van der Waals surface area (Å²) in [5.74, 6) is 0. The standard InChI is InChI=1S/C19H26O/c1-3-8-17(9-4-1)10-11-18-16-19(14-7-15-20-18)12-5-2-6-13-19/h1,3-4,8-11,18H,2,5-7,12-16H2/b11-10+. The number of hydrogen-bond acceptors (Lipinski definition) is 1. The van der Waals surface area contributed by atoms with Crippen LogP contribution in [0.5, 0.6) is 0 Å². The summed E-state index contributed by atoms with van der Waals surface area (Å²) in [5.41, 5.74) is 1.86. The molecule has 1 nitrogen and oxygen atoms in total. The van der Waals surface area contributed by atoms with Crippen molar-refractivity contribution in [1.82, 2.24) is 0 Å². The van der Waals surface area contributed by atoms with E-state index in [4.69, 9.17) is 4.74 Å². The maximum absolute atomic E-state index is 6.07. The molecule has 2 aliphatic rings. The van der Waals surface area contributed by atoms with E-state index in [0.717, 1.165) is 6.61 Å². The zero-order valence-electron chi connectivity index (χ0n) is 12.4. The quantitative estimate of drug-likeness (QED) is 0.716. The molecule has 1 aliphatic heterocycles. The predicted molar refractivity (Wildman–Crippen MR) is 84.6 cm³/mol. The van der Waals surface area contributed by atoms with E-state index in [1.807, 2.05) is 0 Å². The highest BCUT2D eigenvalue weighted by Crippen LogP contribution is 2.45. The van der Waals surface area contributed by atoms with E-state index < -0.39 is 0 Å². The van der Waals surface area contributed by atoms with Gasteiger partial charge in [0.05, 0.1) is 6.10 Å². The molecule has 1 saturated heterocycles. The Bertz CT molecular complexity index is 428. The van der Waals surface area contributed by atoms with Crippen molar-refractivity contribution in [2.45, 2.75) is 57.5 Å². The number of hydrogen-bond donors (Lipinski definition) is 0. The summed E-state index contributed by atoms with van der Waals surface area (Å²) in [6.45, 7) is 0.936. The molecule has 1 atom stereocenters. The highest BCUT2D eigenvalue weighted by Gasteiger charge is 2.35. The second-order valence-electron chi connectivity index (χ2n) is 6.55. The minimum atomic E-state index is 0.316. The van der Waals surface area contributed by atoms with E-state index in [1.54, 1.807) is 0 Å². The van der Waals surface area contributed by atoms with Gasteiger partial charge in [-0.3, -0.25) is 0 Å². The van der Waals surface area contributed by atoms with Crippen molar-refractivity contribution in [3.8, 4) is 0 Å².